The third kappa shape index (κ3) is 4.49. The Labute approximate surface area is 171 Å². The number of rotatable bonds is 7. The molecule has 1 aromatic heterocycles. The van der Waals surface area contributed by atoms with E-state index in [-0.39, 0.29) is 11.7 Å². The number of nitrogens with one attached hydrogen (secondary N) is 1. The number of carbonyl (C=O) groups excluding carboxylic acids is 1. The second kappa shape index (κ2) is 8.85. The van der Waals surface area contributed by atoms with Crippen molar-refractivity contribution in [3.05, 3.63) is 47.5 Å². The molecule has 0 atom stereocenters. The Morgan fingerprint density at radius 2 is 1.93 bits per heavy atom. The van der Waals surface area contributed by atoms with Gasteiger partial charge in [0.05, 0.1) is 25.7 Å². The molecule has 2 aromatic carbocycles. The van der Waals surface area contributed by atoms with Crippen molar-refractivity contribution in [3.63, 3.8) is 0 Å². The standard InChI is InChI=1S/C18H18ClN5O3S/c1-26-13-7-8-14(15(9-13)27-2)21-16(25)10-28-18-23-22-17(24(18)20)11-3-5-12(19)6-4-11/h3-9H,10,20H2,1-2H3,(H,21,25). The van der Waals surface area contributed by atoms with E-state index in [2.05, 4.69) is 15.5 Å². The van der Waals surface area contributed by atoms with Crippen molar-refractivity contribution in [2.75, 3.05) is 31.1 Å². The van der Waals surface area contributed by atoms with Crippen LogP contribution >= 0.6 is 23.4 Å². The molecule has 1 amide bonds. The van der Waals surface area contributed by atoms with Crippen molar-refractivity contribution in [1.82, 2.24) is 14.9 Å². The van der Waals surface area contributed by atoms with Gasteiger partial charge < -0.3 is 20.6 Å². The van der Waals surface area contributed by atoms with Crippen LogP contribution in [0, 0.1) is 0 Å². The number of ether oxygens (including phenoxy) is 2. The number of anilines is 1. The summed E-state index contributed by atoms with van der Waals surface area (Å²) in [6, 6.07) is 12.2. The highest BCUT2D eigenvalue weighted by Crippen LogP contribution is 2.29. The van der Waals surface area contributed by atoms with E-state index in [0.717, 1.165) is 5.56 Å². The number of methoxy groups -OCH3 is 2. The first kappa shape index (κ1) is 19.8. The number of amides is 1. The molecule has 0 saturated heterocycles. The third-order valence-corrected chi connectivity index (χ3v) is 4.98. The van der Waals surface area contributed by atoms with Crippen molar-refractivity contribution in [1.29, 1.82) is 0 Å². The molecule has 0 aliphatic carbocycles. The molecule has 1 heterocycles. The molecule has 8 nitrogen and oxygen atoms in total. The molecule has 0 saturated carbocycles. The Kier molecular flexibility index (Phi) is 6.27. The molecular formula is C18H18ClN5O3S. The molecule has 0 bridgehead atoms. The molecule has 0 aliphatic rings. The summed E-state index contributed by atoms with van der Waals surface area (Å²) in [6.45, 7) is 0. The predicted octanol–water partition coefficient (Wildman–Crippen LogP) is 3.06. The van der Waals surface area contributed by atoms with Crippen LogP contribution in [-0.2, 0) is 4.79 Å². The Balaban J connectivity index is 1.65. The van der Waals surface area contributed by atoms with Gasteiger partial charge in [0.1, 0.15) is 11.5 Å². The zero-order valence-electron chi connectivity index (χ0n) is 15.2. The van der Waals surface area contributed by atoms with Gasteiger partial charge >= 0.3 is 0 Å². The molecule has 10 heteroatoms. The highest BCUT2D eigenvalue weighted by Gasteiger charge is 2.15. The lowest BCUT2D eigenvalue weighted by atomic mass is 10.2. The van der Waals surface area contributed by atoms with E-state index in [1.807, 2.05) is 0 Å². The maximum Gasteiger partial charge on any atom is 0.234 e. The molecule has 0 fully saturated rings. The number of hydrogen-bond donors (Lipinski definition) is 2. The summed E-state index contributed by atoms with van der Waals surface area (Å²) < 4.78 is 11.8. The van der Waals surface area contributed by atoms with Crippen molar-refractivity contribution in [3.8, 4) is 22.9 Å². The lowest BCUT2D eigenvalue weighted by Crippen LogP contribution is -2.16. The monoisotopic (exact) mass is 419 g/mol. The van der Waals surface area contributed by atoms with Crippen molar-refractivity contribution >= 4 is 35.0 Å². The number of thioether (sulfide) groups is 1. The Morgan fingerprint density at radius 1 is 1.18 bits per heavy atom. The van der Waals surface area contributed by atoms with E-state index >= 15 is 0 Å². The highest BCUT2D eigenvalue weighted by atomic mass is 35.5. The van der Waals surface area contributed by atoms with Gasteiger partial charge in [-0.25, -0.2) is 4.68 Å². The van der Waals surface area contributed by atoms with Crippen LogP contribution in [0.2, 0.25) is 5.02 Å². The zero-order chi connectivity index (χ0) is 20.1. The minimum atomic E-state index is -0.232. The summed E-state index contributed by atoms with van der Waals surface area (Å²) in [4.78, 5) is 12.3. The quantitative estimate of drug-likeness (QED) is 0.448. The van der Waals surface area contributed by atoms with E-state index in [9.17, 15) is 4.79 Å². The first-order valence-electron chi connectivity index (χ1n) is 8.13. The van der Waals surface area contributed by atoms with Gasteiger partial charge in [0.25, 0.3) is 0 Å². The summed E-state index contributed by atoms with van der Waals surface area (Å²) in [6.07, 6.45) is 0. The number of hydrogen-bond acceptors (Lipinski definition) is 7. The second-order valence-corrected chi connectivity index (χ2v) is 6.97. The normalized spacial score (nSPS) is 10.5. The van der Waals surface area contributed by atoms with Crippen molar-refractivity contribution in [2.24, 2.45) is 0 Å². The Morgan fingerprint density at radius 3 is 2.61 bits per heavy atom. The fourth-order valence-electron chi connectivity index (χ4n) is 2.39. The van der Waals surface area contributed by atoms with Crippen LogP contribution in [0.25, 0.3) is 11.4 Å². The summed E-state index contributed by atoms with van der Waals surface area (Å²) in [5, 5.41) is 12.0. The topological polar surface area (TPSA) is 104 Å². The average molecular weight is 420 g/mol. The summed E-state index contributed by atoms with van der Waals surface area (Å²) in [5.41, 5.74) is 1.32. The number of nitrogens with two attached hydrogens (primary N) is 1. The van der Waals surface area contributed by atoms with Gasteiger partial charge in [-0.1, -0.05) is 23.4 Å². The van der Waals surface area contributed by atoms with E-state index in [1.165, 1.54) is 23.5 Å². The third-order valence-electron chi connectivity index (χ3n) is 3.78. The smallest absolute Gasteiger partial charge is 0.234 e. The van der Waals surface area contributed by atoms with Crippen LogP contribution in [0.4, 0.5) is 5.69 Å². The number of nitrogen functional groups attached to an aromatic ring is 1. The van der Waals surface area contributed by atoms with Gasteiger partial charge in [-0.2, -0.15) is 0 Å². The lowest BCUT2D eigenvalue weighted by Gasteiger charge is -2.11. The Hall–Kier alpha value is -2.91. The molecule has 28 heavy (non-hydrogen) atoms. The first-order chi connectivity index (χ1) is 13.5. The molecule has 0 radical (unpaired) electrons. The van der Waals surface area contributed by atoms with Crippen LogP contribution in [0.5, 0.6) is 11.5 Å². The molecule has 3 N–H and O–H groups in total. The van der Waals surface area contributed by atoms with Gasteiger partial charge in [-0.15, -0.1) is 10.2 Å². The molecule has 0 aliphatic heterocycles. The van der Waals surface area contributed by atoms with E-state index in [4.69, 9.17) is 26.9 Å². The van der Waals surface area contributed by atoms with Gasteiger partial charge in [0.15, 0.2) is 5.82 Å². The van der Waals surface area contributed by atoms with Crippen LogP contribution in [0.15, 0.2) is 47.6 Å². The molecule has 0 unspecified atom stereocenters. The van der Waals surface area contributed by atoms with Crippen LogP contribution in [0.1, 0.15) is 0 Å². The average Bonchev–Trinajstić information content (AvgIpc) is 3.07. The maximum atomic E-state index is 12.3. The molecule has 3 rings (SSSR count). The van der Waals surface area contributed by atoms with Crippen LogP contribution in [-0.4, -0.2) is 40.8 Å². The lowest BCUT2D eigenvalue weighted by molar-refractivity contribution is -0.113. The number of nitrogens with zero attached hydrogens (tertiary/aromatic N) is 3. The SMILES string of the molecule is COc1ccc(NC(=O)CSc2nnc(-c3ccc(Cl)cc3)n2N)c(OC)c1. The fraction of sp³-hybridized carbons (Fsp3) is 0.167. The van der Waals surface area contributed by atoms with E-state index < -0.39 is 0 Å². The molecule has 3 aromatic rings. The van der Waals surface area contributed by atoms with Crippen LogP contribution in [0.3, 0.4) is 0 Å². The summed E-state index contributed by atoms with van der Waals surface area (Å²) >= 11 is 7.07. The zero-order valence-corrected chi connectivity index (χ0v) is 16.8. The van der Waals surface area contributed by atoms with Crippen LogP contribution < -0.4 is 20.6 Å². The van der Waals surface area contributed by atoms with Gasteiger partial charge in [-0.05, 0) is 36.4 Å². The maximum absolute atomic E-state index is 12.3. The molecule has 146 valence electrons. The predicted molar refractivity (Wildman–Crippen MR) is 110 cm³/mol. The van der Waals surface area contributed by atoms with E-state index in [1.54, 1.807) is 49.6 Å². The number of carbonyl (C=O) groups is 1. The van der Waals surface area contributed by atoms with Crippen molar-refractivity contribution < 1.29 is 14.3 Å². The Bertz CT molecular complexity index is 978. The largest absolute Gasteiger partial charge is 0.497 e. The first-order valence-corrected chi connectivity index (χ1v) is 9.49. The second-order valence-electron chi connectivity index (χ2n) is 5.59. The summed E-state index contributed by atoms with van der Waals surface area (Å²) in [5.74, 6) is 7.55. The van der Waals surface area contributed by atoms with Gasteiger partial charge in [-0.3, -0.25) is 4.79 Å². The van der Waals surface area contributed by atoms with Gasteiger partial charge in [0.2, 0.25) is 11.1 Å². The van der Waals surface area contributed by atoms with Crippen molar-refractivity contribution in [2.45, 2.75) is 5.16 Å². The molecular weight excluding hydrogens is 402 g/mol. The van der Waals surface area contributed by atoms with E-state index in [0.29, 0.717) is 33.2 Å². The fourth-order valence-corrected chi connectivity index (χ4v) is 3.17. The highest BCUT2D eigenvalue weighted by molar-refractivity contribution is 7.99. The number of halogens is 1. The number of benzene rings is 2. The minimum absolute atomic E-state index is 0.102. The molecule has 0 spiro atoms. The summed E-state index contributed by atoms with van der Waals surface area (Å²) in [7, 11) is 3.08. The number of aromatic nitrogens is 3. The van der Waals surface area contributed by atoms with Gasteiger partial charge in [0, 0.05) is 16.7 Å². The minimum Gasteiger partial charge on any atom is -0.497 e.